The summed E-state index contributed by atoms with van der Waals surface area (Å²) in [5.74, 6) is 0.213. The minimum absolute atomic E-state index is 0.213. The summed E-state index contributed by atoms with van der Waals surface area (Å²) in [5, 5.41) is 0. The van der Waals surface area contributed by atoms with Crippen LogP contribution >= 0.6 is 0 Å². The third-order valence-electron chi connectivity index (χ3n) is 2.51. The van der Waals surface area contributed by atoms with Gasteiger partial charge in [0.25, 0.3) is 0 Å². The number of rotatable bonds is 9. The molecule has 0 aromatic heterocycles. The quantitative estimate of drug-likeness (QED) is 0.321. The first-order valence-corrected chi connectivity index (χ1v) is 5.49. The van der Waals surface area contributed by atoms with Crippen molar-refractivity contribution in [3.05, 3.63) is 12.7 Å². The number of unbranched alkanes of at least 4 members (excludes halogenated alkanes) is 2. The van der Waals surface area contributed by atoms with E-state index < -0.39 is 0 Å². The largest absolute Gasteiger partial charge is 0.306 e. The van der Waals surface area contributed by atoms with E-state index in [-0.39, 0.29) is 5.92 Å². The molecule has 2 heteroatoms. The molecule has 1 atom stereocenters. The van der Waals surface area contributed by atoms with E-state index in [1.807, 2.05) is 6.08 Å². The number of hydrogen-bond acceptors (Lipinski definition) is 2. The van der Waals surface area contributed by atoms with Crippen molar-refractivity contribution in [2.24, 2.45) is 5.92 Å². The highest BCUT2D eigenvalue weighted by Crippen LogP contribution is 2.09. The van der Waals surface area contributed by atoms with Gasteiger partial charge in [0.05, 0.1) is 0 Å². The van der Waals surface area contributed by atoms with Crippen LogP contribution in [-0.2, 0) is 4.79 Å². The van der Waals surface area contributed by atoms with Crippen LogP contribution in [0.1, 0.15) is 32.6 Å². The van der Waals surface area contributed by atoms with E-state index in [0.717, 1.165) is 45.1 Å². The lowest BCUT2D eigenvalue weighted by Crippen LogP contribution is -2.26. The van der Waals surface area contributed by atoms with Gasteiger partial charge in [-0.15, -0.1) is 6.58 Å². The summed E-state index contributed by atoms with van der Waals surface area (Å²) in [5.41, 5.74) is 0. The van der Waals surface area contributed by atoms with Gasteiger partial charge in [0.2, 0.25) is 0 Å². The molecule has 0 heterocycles. The molecule has 0 rings (SSSR count). The molecule has 0 aliphatic rings. The van der Waals surface area contributed by atoms with E-state index in [1.165, 1.54) is 0 Å². The Kier molecular flexibility index (Phi) is 8.54. The maximum absolute atomic E-state index is 10.8. The number of carbonyl (C=O) groups excluding carboxylic acids is 1. The van der Waals surface area contributed by atoms with Crippen LogP contribution in [-0.4, -0.2) is 31.3 Å². The first-order chi connectivity index (χ1) is 6.74. The Balaban J connectivity index is 3.57. The summed E-state index contributed by atoms with van der Waals surface area (Å²) in [6.45, 7) is 7.70. The van der Waals surface area contributed by atoms with Gasteiger partial charge in [-0.3, -0.25) is 0 Å². The van der Waals surface area contributed by atoms with E-state index >= 15 is 0 Å². The molecule has 0 fully saturated rings. The third-order valence-corrected chi connectivity index (χ3v) is 2.51. The zero-order valence-corrected chi connectivity index (χ0v) is 9.54. The molecule has 0 spiro atoms. The van der Waals surface area contributed by atoms with Crippen LogP contribution in [0.2, 0.25) is 0 Å². The first-order valence-electron chi connectivity index (χ1n) is 5.49. The molecule has 82 valence electrons. The third kappa shape index (κ3) is 6.84. The average molecular weight is 197 g/mol. The molecule has 0 aromatic rings. The predicted molar refractivity (Wildman–Crippen MR) is 61.4 cm³/mol. The normalized spacial score (nSPS) is 12.8. The Labute approximate surface area is 88.0 Å². The average Bonchev–Trinajstić information content (AvgIpc) is 2.22. The molecular formula is C12H23NO. The fourth-order valence-corrected chi connectivity index (χ4v) is 1.43. The molecule has 14 heavy (non-hydrogen) atoms. The molecule has 0 amide bonds. The lowest BCUT2D eigenvalue weighted by atomic mass is 10.0. The van der Waals surface area contributed by atoms with Crippen LogP contribution < -0.4 is 0 Å². The van der Waals surface area contributed by atoms with E-state index in [4.69, 9.17) is 0 Å². The SMILES string of the molecule is C=CCCCCC(C=O)CN(C)CC. The molecule has 0 saturated carbocycles. The first kappa shape index (κ1) is 13.4. The van der Waals surface area contributed by atoms with Gasteiger partial charge in [-0.2, -0.15) is 0 Å². The highest BCUT2D eigenvalue weighted by molar-refractivity contribution is 5.53. The topological polar surface area (TPSA) is 20.3 Å². The lowest BCUT2D eigenvalue weighted by molar-refractivity contribution is -0.111. The molecule has 0 bridgehead atoms. The summed E-state index contributed by atoms with van der Waals surface area (Å²) in [7, 11) is 2.06. The number of allylic oxidation sites excluding steroid dienone is 1. The van der Waals surface area contributed by atoms with E-state index in [0.29, 0.717) is 0 Å². The molecule has 0 aliphatic heterocycles. The molecular weight excluding hydrogens is 174 g/mol. The van der Waals surface area contributed by atoms with Gasteiger partial charge in [-0.05, 0) is 32.9 Å². The van der Waals surface area contributed by atoms with Gasteiger partial charge in [-0.25, -0.2) is 0 Å². The van der Waals surface area contributed by atoms with Gasteiger partial charge in [0.1, 0.15) is 6.29 Å². The smallest absolute Gasteiger partial charge is 0.124 e. The maximum atomic E-state index is 10.8. The summed E-state index contributed by atoms with van der Waals surface area (Å²) >= 11 is 0. The predicted octanol–water partition coefficient (Wildman–Crippen LogP) is 2.50. The Morgan fingerprint density at radius 3 is 2.64 bits per heavy atom. The fraction of sp³-hybridized carbons (Fsp3) is 0.750. The number of aldehydes is 1. The van der Waals surface area contributed by atoms with Crippen LogP contribution in [0, 0.1) is 5.92 Å². The van der Waals surface area contributed by atoms with Crippen molar-refractivity contribution in [3.8, 4) is 0 Å². The van der Waals surface area contributed by atoms with Gasteiger partial charge in [0, 0.05) is 12.5 Å². The number of nitrogens with zero attached hydrogens (tertiary/aromatic N) is 1. The Hall–Kier alpha value is -0.630. The van der Waals surface area contributed by atoms with Crippen molar-refractivity contribution in [2.75, 3.05) is 20.1 Å². The van der Waals surface area contributed by atoms with Crippen molar-refractivity contribution in [3.63, 3.8) is 0 Å². The molecule has 0 aliphatic carbocycles. The molecule has 1 unspecified atom stereocenters. The zero-order valence-electron chi connectivity index (χ0n) is 9.54. The van der Waals surface area contributed by atoms with Crippen molar-refractivity contribution in [1.82, 2.24) is 4.90 Å². The van der Waals surface area contributed by atoms with Gasteiger partial charge < -0.3 is 9.69 Å². The van der Waals surface area contributed by atoms with Crippen molar-refractivity contribution < 1.29 is 4.79 Å². The number of hydrogen-bond donors (Lipinski definition) is 0. The van der Waals surface area contributed by atoms with E-state index in [9.17, 15) is 4.79 Å². The Morgan fingerprint density at radius 1 is 1.43 bits per heavy atom. The second-order valence-corrected chi connectivity index (χ2v) is 3.82. The summed E-state index contributed by atoms with van der Waals surface area (Å²) in [6, 6.07) is 0. The summed E-state index contributed by atoms with van der Waals surface area (Å²) in [4.78, 5) is 13.0. The monoisotopic (exact) mass is 197 g/mol. The molecule has 0 aromatic carbocycles. The molecule has 0 saturated heterocycles. The highest BCUT2D eigenvalue weighted by Gasteiger charge is 2.08. The lowest BCUT2D eigenvalue weighted by Gasteiger charge is -2.18. The summed E-state index contributed by atoms with van der Waals surface area (Å²) in [6.07, 6.45) is 7.40. The maximum Gasteiger partial charge on any atom is 0.124 e. The van der Waals surface area contributed by atoms with Gasteiger partial charge >= 0.3 is 0 Å². The van der Waals surface area contributed by atoms with E-state index in [2.05, 4.69) is 25.5 Å². The molecule has 0 radical (unpaired) electrons. The highest BCUT2D eigenvalue weighted by atomic mass is 16.1. The minimum Gasteiger partial charge on any atom is -0.306 e. The Bertz CT molecular complexity index is 156. The van der Waals surface area contributed by atoms with Crippen LogP contribution in [0.3, 0.4) is 0 Å². The van der Waals surface area contributed by atoms with Crippen molar-refractivity contribution in [1.29, 1.82) is 0 Å². The number of carbonyl (C=O) groups is 1. The van der Waals surface area contributed by atoms with Gasteiger partial charge in [-0.1, -0.05) is 19.4 Å². The second kappa shape index (κ2) is 8.95. The Morgan fingerprint density at radius 2 is 2.14 bits per heavy atom. The standard InChI is InChI=1S/C12H23NO/c1-4-6-7-8-9-12(11-14)10-13(3)5-2/h4,11-12H,1,5-10H2,2-3H3. The van der Waals surface area contributed by atoms with E-state index in [1.54, 1.807) is 0 Å². The molecule has 0 N–H and O–H groups in total. The van der Waals surface area contributed by atoms with Crippen molar-refractivity contribution in [2.45, 2.75) is 32.6 Å². The van der Waals surface area contributed by atoms with Crippen molar-refractivity contribution >= 4 is 6.29 Å². The van der Waals surface area contributed by atoms with Gasteiger partial charge in [0.15, 0.2) is 0 Å². The fourth-order valence-electron chi connectivity index (χ4n) is 1.43. The van der Waals surface area contributed by atoms with Crippen LogP contribution in [0.15, 0.2) is 12.7 Å². The minimum atomic E-state index is 0.213. The molecule has 2 nitrogen and oxygen atoms in total. The zero-order chi connectivity index (χ0) is 10.8. The second-order valence-electron chi connectivity index (χ2n) is 3.82. The van der Waals surface area contributed by atoms with Crippen LogP contribution in [0.5, 0.6) is 0 Å². The van der Waals surface area contributed by atoms with Crippen LogP contribution in [0.25, 0.3) is 0 Å². The van der Waals surface area contributed by atoms with Crippen LogP contribution in [0.4, 0.5) is 0 Å². The summed E-state index contributed by atoms with van der Waals surface area (Å²) < 4.78 is 0.